The second kappa shape index (κ2) is 12.4. The van der Waals surface area contributed by atoms with Gasteiger partial charge >= 0.3 is 0 Å². The van der Waals surface area contributed by atoms with E-state index in [1.165, 1.54) is 0 Å². The van der Waals surface area contributed by atoms with E-state index >= 15 is 0 Å². The number of unbranched alkanes of at least 4 members (excludes halogenated alkanes) is 2. The zero-order valence-corrected chi connectivity index (χ0v) is 21.1. The zero-order chi connectivity index (χ0) is 25.5. The van der Waals surface area contributed by atoms with E-state index < -0.39 is 23.6 Å². The maximum atomic E-state index is 15.0. The summed E-state index contributed by atoms with van der Waals surface area (Å²) >= 11 is 0. The molecule has 2 heterocycles. The summed E-state index contributed by atoms with van der Waals surface area (Å²) in [5.41, 5.74) is 0.667. The highest BCUT2D eigenvalue weighted by Gasteiger charge is 2.36. The average molecular weight is 503 g/mol. The third-order valence-electron chi connectivity index (χ3n) is 7.33. The normalized spacial score (nSPS) is 26.6. The first-order valence-electron chi connectivity index (χ1n) is 13.2. The quantitative estimate of drug-likeness (QED) is 0.244. The van der Waals surface area contributed by atoms with Crippen LogP contribution in [0.5, 0.6) is 0 Å². The fourth-order valence-corrected chi connectivity index (χ4v) is 4.95. The fourth-order valence-electron chi connectivity index (χ4n) is 4.95. The molecule has 2 aliphatic rings. The first-order chi connectivity index (χ1) is 17.4. The molecule has 2 atom stereocenters. The topological polar surface area (TPSA) is 27.7 Å². The summed E-state index contributed by atoms with van der Waals surface area (Å²) < 4.78 is 61.7. The van der Waals surface area contributed by atoms with E-state index in [2.05, 4.69) is 13.5 Å². The predicted molar refractivity (Wildman–Crippen MR) is 135 cm³/mol. The molecule has 0 radical (unpaired) electrons. The largest absolute Gasteiger partial charge is 0.373 e. The Morgan fingerprint density at radius 3 is 2.36 bits per heavy atom. The molecule has 2 aliphatic heterocycles. The molecule has 0 aliphatic carbocycles. The van der Waals surface area contributed by atoms with Crippen molar-refractivity contribution >= 4 is 0 Å². The third kappa shape index (κ3) is 6.58. The van der Waals surface area contributed by atoms with Crippen LogP contribution in [0, 0.1) is 17.6 Å². The lowest BCUT2D eigenvalue weighted by Crippen LogP contribution is -2.44. The van der Waals surface area contributed by atoms with Crippen molar-refractivity contribution in [1.29, 1.82) is 0 Å². The molecule has 2 saturated heterocycles. The van der Waals surface area contributed by atoms with Gasteiger partial charge in [0.25, 0.3) is 0 Å². The van der Waals surface area contributed by atoms with Crippen molar-refractivity contribution in [2.75, 3.05) is 19.8 Å². The molecule has 0 spiro atoms. The smallest absolute Gasteiger partial charge is 0.166 e. The lowest BCUT2D eigenvalue weighted by Gasteiger charge is -2.34. The van der Waals surface area contributed by atoms with Crippen molar-refractivity contribution in [3.05, 3.63) is 71.8 Å². The molecule has 0 amide bonds. The number of hydrogen-bond acceptors (Lipinski definition) is 3. The number of alkyl halides is 1. The molecule has 2 aromatic rings. The van der Waals surface area contributed by atoms with Crippen LogP contribution < -0.4 is 0 Å². The maximum absolute atomic E-state index is 15.0. The second-order valence-corrected chi connectivity index (χ2v) is 10.1. The van der Waals surface area contributed by atoms with Gasteiger partial charge in [-0.25, -0.2) is 13.2 Å². The molecule has 6 heteroatoms. The van der Waals surface area contributed by atoms with Crippen LogP contribution >= 0.6 is 0 Å². The number of ether oxygens (including phenoxy) is 3. The van der Waals surface area contributed by atoms with Gasteiger partial charge in [-0.1, -0.05) is 68.7 Å². The Labute approximate surface area is 212 Å². The van der Waals surface area contributed by atoms with E-state index in [0.29, 0.717) is 30.9 Å². The summed E-state index contributed by atoms with van der Waals surface area (Å²) in [6.45, 7) is 6.52. The van der Waals surface area contributed by atoms with Gasteiger partial charge in [0, 0.05) is 17.9 Å². The van der Waals surface area contributed by atoms with Gasteiger partial charge in [-0.15, -0.1) is 6.58 Å². The van der Waals surface area contributed by atoms with E-state index in [1.807, 2.05) is 30.3 Å². The fraction of sp³-hybridized carbons (Fsp3) is 0.533. The summed E-state index contributed by atoms with van der Waals surface area (Å²) in [7, 11) is 0. The Hall–Kier alpha value is -2.15. The highest BCUT2D eigenvalue weighted by molar-refractivity contribution is 5.65. The molecule has 3 nitrogen and oxygen atoms in total. The van der Waals surface area contributed by atoms with Crippen LogP contribution in [0.4, 0.5) is 13.2 Å². The molecule has 2 fully saturated rings. The van der Waals surface area contributed by atoms with Crippen LogP contribution in [-0.4, -0.2) is 31.8 Å². The van der Waals surface area contributed by atoms with Crippen molar-refractivity contribution in [2.24, 2.45) is 5.92 Å². The minimum Gasteiger partial charge on any atom is -0.373 e. The number of benzene rings is 2. The van der Waals surface area contributed by atoms with Gasteiger partial charge < -0.3 is 14.2 Å². The van der Waals surface area contributed by atoms with E-state index in [1.54, 1.807) is 12.1 Å². The second-order valence-electron chi connectivity index (χ2n) is 10.1. The van der Waals surface area contributed by atoms with Gasteiger partial charge in [0.2, 0.25) is 0 Å². The lowest BCUT2D eigenvalue weighted by atomic mass is 9.93. The van der Waals surface area contributed by atoms with Crippen LogP contribution in [0.1, 0.15) is 69.1 Å². The Kier molecular flexibility index (Phi) is 9.26. The van der Waals surface area contributed by atoms with Crippen LogP contribution in [0.3, 0.4) is 0 Å². The molecule has 4 rings (SSSR count). The molecule has 196 valence electrons. The van der Waals surface area contributed by atoms with Gasteiger partial charge in [0.15, 0.2) is 23.6 Å². The van der Waals surface area contributed by atoms with Gasteiger partial charge in [-0.05, 0) is 42.4 Å². The molecule has 0 N–H and O–H groups in total. The molecule has 36 heavy (non-hydrogen) atoms. The van der Waals surface area contributed by atoms with Gasteiger partial charge in [-0.2, -0.15) is 0 Å². The maximum Gasteiger partial charge on any atom is 0.166 e. The van der Waals surface area contributed by atoms with E-state index in [0.717, 1.165) is 37.7 Å². The minimum absolute atomic E-state index is 0.0160. The summed E-state index contributed by atoms with van der Waals surface area (Å²) in [5, 5.41) is 0. The van der Waals surface area contributed by atoms with Crippen LogP contribution in [0.2, 0.25) is 0 Å². The monoisotopic (exact) mass is 502 g/mol. The number of rotatable bonds is 10. The highest BCUT2D eigenvalue weighted by Crippen LogP contribution is 2.34. The molecule has 0 aromatic heterocycles. The zero-order valence-electron chi connectivity index (χ0n) is 21.1. The first kappa shape index (κ1) is 26.9. The summed E-state index contributed by atoms with van der Waals surface area (Å²) in [4.78, 5) is 0. The lowest BCUT2D eigenvalue weighted by molar-refractivity contribution is -0.236. The number of halogens is 3. The van der Waals surface area contributed by atoms with E-state index in [4.69, 9.17) is 14.2 Å². The predicted octanol–water partition coefficient (Wildman–Crippen LogP) is 7.88. The molecule has 0 saturated carbocycles. The highest BCUT2D eigenvalue weighted by atomic mass is 19.2. The Balaban J connectivity index is 1.32. The number of aryl methyl sites for hydroxylation is 1. The van der Waals surface area contributed by atoms with Gasteiger partial charge in [-0.3, -0.25) is 0 Å². The Morgan fingerprint density at radius 1 is 0.972 bits per heavy atom. The molecule has 2 aromatic carbocycles. The molecule has 2 unspecified atom stereocenters. The van der Waals surface area contributed by atoms with Crippen molar-refractivity contribution in [1.82, 2.24) is 0 Å². The Morgan fingerprint density at radius 2 is 1.72 bits per heavy atom. The first-order valence-corrected chi connectivity index (χ1v) is 13.2. The average Bonchev–Trinajstić information content (AvgIpc) is 2.91. The molecular formula is C30H37F3O3. The van der Waals surface area contributed by atoms with Crippen LogP contribution in [-0.2, 0) is 20.6 Å². The molecule has 0 bridgehead atoms. The SMILES string of the molecule is C=CC1CCC(c2ccc(-c3ccc(CCC4OCC(F)(CCCCC)CO4)c(F)c3F)cc2)OC1. The Bertz CT molecular complexity index is 991. The summed E-state index contributed by atoms with van der Waals surface area (Å²) in [5.74, 6) is -1.34. The summed E-state index contributed by atoms with van der Waals surface area (Å²) in [6, 6.07) is 10.7. The number of hydrogen-bond donors (Lipinski definition) is 0. The molecular weight excluding hydrogens is 465 g/mol. The van der Waals surface area contributed by atoms with Crippen molar-refractivity contribution < 1.29 is 27.4 Å². The summed E-state index contributed by atoms with van der Waals surface area (Å²) in [6.07, 6.45) is 7.07. The minimum atomic E-state index is -1.46. The van der Waals surface area contributed by atoms with Gasteiger partial charge in [0.05, 0.1) is 25.9 Å². The van der Waals surface area contributed by atoms with Crippen LogP contribution in [0.25, 0.3) is 11.1 Å². The van der Waals surface area contributed by atoms with E-state index in [-0.39, 0.29) is 36.9 Å². The van der Waals surface area contributed by atoms with Crippen molar-refractivity contribution in [3.8, 4) is 11.1 Å². The van der Waals surface area contributed by atoms with Gasteiger partial charge in [0.1, 0.15) is 0 Å². The van der Waals surface area contributed by atoms with E-state index in [9.17, 15) is 13.2 Å². The van der Waals surface area contributed by atoms with Crippen LogP contribution in [0.15, 0.2) is 49.1 Å². The standard InChI is InChI=1S/C30H37F3O3/c1-3-5-6-17-30(33)19-35-27(36-20-30)16-13-24-12-14-25(29(32)28(24)31)22-8-10-23(11-9-22)26-15-7-21(4-2)18-34-26/h4,8-12,14,21,26-27H,2-3,5-7,13,15-20H2,1H3. The van der Waals surface area contributed by atoms with Crippen molar-refractivity contribution in [3.63, 3.8) is 0 Å². The van der Waals surface area contributed by atoms with Crippen molar-refractivity contribution in [2.45, 2.75) is 76.4 Å². The third-order valence-corrected chi connectivity index (χ3v) is 7.33.